The van der Waals surface area contributed by atoms with Gasteiger partial charge in [-0.2, -0.15) is 0 Å². The third kappa shape index (κ3) is 4.46. The van der Waals surface area contributed by atoms with Crippen LogP contribution in [0.15, 0.2) is 48.0 Å². The molecule has 8 heteroatoms. The monoisotopic (exact) mass is 416 g/mol. The van der Waals surface area contributed by atoms with E-state index in [1.54, 1.807) is 18.2 Å². The highest BCUT2D eigenvalue weighted by atomic mass is 35.5. The van der Waals surface area contributed by atoms with Gasteiger partial charge in [-0.15, -0.1) is 0 Å². The molecule has 1 saturated heterocycles. The number of benzene rings is 2. The first kappa shape index (κ1) is 20.5. The molecule has 1 heterocycles. The maximum Gasteiger partial charge on any atom is 0.335 e. The van der Waals surface area contributed by atoms with E-state index in [4.69, 9.17) is 16.3 Å². The lowest BCUT2D eigenvalue weighted by atomic mass is 10.1. The molecule has 0 aromatic heterocycles. The van der Waals surface area contributed by atoms with Gasteiger partial charge >= 0.3 is 6.03 Å². The number of ether oxygens (including phenoxy) is 1. The largest absolute Gasteiger partial charge is 0.489 e. The Kier molecular flexibility index (Phi) is 5.98. The Bertz CT molecular complexity index is 1000. The molecule has 150 valence electrons. The van der Waals surface area contributed by atoms with E-state index in [1.807, 2.05) is 13.8 Å². The van der Waals surface area contributed by atoms with Gasteiger partial charge in [0.25, 0.3) is 11.8 Å². The predicted octanol–water partition coefficient (Wildman–Crippen LogP) is 4.32. The van der Waals surface area contributed by atoms with Gasteiger partial charge in [-0.25, -0.2) is 14.1 Å². The van der Waals surface area contributed by atoms with Crippen LogP contribution in [0.3, 0.4) is 0 Å². The third-order valence-corrected chi connectivity index (χ3v) is 4.65. The first-order valence-corrected chi connectivity index (χ1v) is 9.31. The molecule has 6 nitrogen and oxygen atoms in total. The van der Waals surface area contributed by atoms with Gasteiger partial charge in [0.1, 0.15) is 17.1 Å². The quantitative estimate of drug-likeness (QED) is 0.581. The van der Waals surface area contributed by atoms with Crippen LogP contribution in [0.2, 0.25) is 5.02 Å². The molecule has 1 fully saturated rings. The number of rotatable bonds is 5. The summed E-state index contributed by atoms with van der Waals surface area (Å²) in [5.41, 5.74) is 0.377. The zero-order valence-electron chi connectivity index (χ0n) is 15.7. The number of hydrogen-bond donors (Lipinski definition) is 1. The minimum absolute atomic E-state index is 0.0160. The van der Waals surface area contributed by atoms with Crippen molar-refractivity contribution in [2.24, 2.45) is 0 Å². The van der Waals surface area contributed by atoms with Crippen LogP contribution in [0.1, 0.15) is 25.8 Å². The Balaban J connectivity index is 1.92. The fraction of sp³-hybridized carbons (Fsp3) is 0.190. The summed E-state index contributed by atoms with van der Waals surface area (Å²) in [6.07, 6.45) is 2.13. The molecule has 4 amide bonds. The van der Waals surface area contributed by atoms with Crippen LogP contribution in [0.25, 0.3) is 6.08 Å². The molecule has 1 aliphatic heterocycles. The molecule has 0 spiro atoms. The van der Waals surface area contributed by atoms with Crippen molar-refractivity contribution < 1.29 is 23.5 Å². The number of carbonyl (C=O) groups excluding carboxylic acids is 3. The zero-order chi connectivity index (χ0) is 21.1. The number of imide groups is 2. The van der Waals surface area contributed by atoms with E-state index >= 15 is 0 Å². The number of carbonyl (C=O) groups is 3. The Hall–Kier alpha value is -3.19. The fourth-order valence-corrected chi connectivity index (χ4v) is 2.88. The van der Waals surface area contributed by atoms with Crippen molar-refractivity contribution in [2.75, 3.05) is 4.90 Å². The van der Waals surface area contributed by atoms with Crippen molar-refractivity contribution in [3.05, 3.63) is 64.4 Å². The molecule has 0 saturated carbocycles. The molecule has 1 aliphatic rings. The summed E-state index contributed by atoms with van der Waals surface area (Å²) >= 11 is 6.24. The molecule has 2 aromatic rings. The summed E-state index contributed by atoms with van der Waals surface area (Å²) in [6.45, 7) is 3.90. The van der Waals surface area contributed by atoms with Crippen LogP contribution in [0.4, 0.5) is 14.9 Å². The Morgan fingerprint density at radius 1 is 1.17 bits per heavy atom. The first-order chi connectivity index (χ1) is 13.8. The molecule has 1 unspecified atom stereocenters. The Morgan fingerprint density at radius 2 is 1.86 bits per heavy atom. The number of urea groups is 1. The average Bonchev–Trinajstić information content (AvgIpc) is 2.68. The zero-order valence-corrected chi connectivity index (χ0v) is 16.5. The summed E-state index contributed by atoms with van der Waals surface area (Å²) in [7, 11) is 0. The van der Waals surface area contributed by atoms with Crippen molar-refractivity contribution in [2.45, 2.75) is 26.4 Å². The summed E-state index contributed by atoms with van der Waals surface area (Å²) in [5.74, 6) is -1.67. The van der Waals surface area contributed by atoms with Gasteiger partial charge in [0.15, 0.2) is 0 Å². The molecular formula is C21H18ClFN2O4. The van der Waals surface area contributed by atoms with Gasteiger partial charge in [-0.05, 0) is 61.4 Å². The number of halogens is 2. The van der Waals surface area contributed by atoms with Crippen LogP contribution in [0.5, 0.6) is 5.75 Å². The van der Waals surface area contributed by atoms with E-state index in [-0.39, 0.29) is 17.4 Å². The smallest absolute Gasteiger partial charge is 0.335 e. The number of anilines is 1. The Labute approximate surface area is 171 Å². The summed E-state index contributed by atoms with van der Waals surface area (Å²) in [4.78, 5) is 37.9. The van der Waals surface area contributed by atoms with Crippen molar-refractivity contribution in [1.29, 1.82) is 0 Å². The van der Waals surface area contributed by atoms with Gasteiger partial charge < -0.3 is 4.74 Å². The highest BCUT2D eigenvalue weighted by Crippen LogP contribution is 2.29. The lowest BCUT2D eigenvalue weighted by Gasteiger charge is -2.26. The first-order valence-electron chi connectivity index (χ1n) is 8.93. The molecule has 0 radical (unpaired) electrons. The van der Waals surface area contributed by atoms with E-state index in [9.17, 15) is 18.8 Å². The third-order valence-electron chi connectivity index (χ3n) is 4.36. The van der Waals surface area contributed by atoms with Crippen molar-refractivity contribution in [3.63, 3.8) is 0 Å². The van der Waals surface area contributed by atoms with E-state index in [2.05, 4.69) is 5.32 Å². The maximum atomic E-state index is 13.2. The molecule has 0 bridgehead atoms. The number of amides is 4. The lowest BCUT2D eigenvalue weighted by Crippen LogP contribution is -2.54. The number of hydrogen-bond acceptors (Lipinski definition) is 4. The molecule has 1 atom stereocenters. The van der Waals surface area contributed by atoms with E-state index in [0.29, 0.717) is 16.3 Å². The topological polar surface area (TPSA) is 75.7 Å². The minimum Gasteiger partial charge on any atom is -0.489 e. The van der Waals surface area contributed by atoms with Gasteiger partial charge in [0.2, 0.25) is 0 Å². The van der Waals surface area contributed by atoms with Gasteiger partial charge in [0, 0.05) is 0 Å². The number of barbiturate groups is 1. The summed E-state index contributed by atoms with van der Waals surface area (Å²) in [5, 5.41) is 2.44. The van der Waals surface area contributed by atoms with Crippen LogP contribution in [-0.2, 0) is 9.59 Å². The maximum absolute atomic E-state index is 13.2. The second-order valence-electron chi connectivity index (χ2n) is 6.46. The van der Waals surface area contributed by atoms with Gasteiger partial charge in [-0.3, -0.25) is 14.9 Å². The molecule has 2 aromatic carbocycles. The van der Waals surface area contributed by atoms with Gasteiger partial charge in [0.05, 0.1) is 16.8 Å². The Morgan fingerprint density at radius 3 is 2.48 bits per heavy atom. The SMILES string of the molecule is CCC(C)Oc1ccc(C=C2C(=O)NC(=O)N(c3ccc(F)cc3)C2=O)cc1Cl. The number of nitrogens with one attached hydrogen (secondary N) is 1. The molecule has 1 N–H and O–H groups in total. The molecule has 0 aliphatic carbocycles. The second kappa shape index (κ2) is 8.45. The average molecular weight is 417 g/mol. The highest BCUT2D eigenvalue weighted by Gasteiger charge is 2.36. The summed E-state index contributed by atoms with van der Waals surface area (Å²) in [6, 6.07) is 8.74. The van der Waals surface area contributed by atoms with Crippen LogP contribution in [0, 0.1) is 5.82 Å². The summed E-state index contributed by atoms with van der Waals surface area (Å²) < 4.78 is 18.9. The fourth-order valence-electron chi connectivity index (χ4n) is 2.65. The van der Waals surface area contributed by atoms with E-state index in [0.717, 1.165) is 23.5 Å². The molecular weight excluding hydrogens is 399 g/mol. The second-order valence-corrected chi connectivity index (χ2v) is 6.87. The number of nitrogens with zero attached hydrogens (tertiary/aromatic N) is 1. The van der Waals surface area contributed by atoms with E-state index < -0.39 is 23.7 Å². The predicted molar refractivity (Wildman–Crippen MR) is 107 cm³/mol. The van der Waals surface area contributed by atoms with Crippen LogP contribution >= 0.6 is 11.6 Å². The van der Waals surface area contributed by atoms with Crippen LogP contribution < -0.4 is 15.0 Å². The highest BCUT2D eigenvalue weighted by molar-refractivity contribution is 6.39. The van der Waals surface area contributed by atoms with Crippen LogP contribution in [-0.4, -0.2) is 23.9 Å². The van der Waals surface area contributed by atoms with Crippen molar-refractivity contribution >= 4 is 41.2 Å². The van der Waals surface area contributed by atoms with Crippen molar-refractivity contribution in [3.8, 4) is 5.75 Å². The van der Waals surface area contributed by atoms with Gasteiger partial charge in [-0.1, -0.05) is 24.6 Å². The molecule has 29 heavy (non-hydrogen) atoms. The normalized spacial score (nSPS) is 16.8. The van der Waals surface area contributed by atoms with E-state index in [1.165, 1.54) is 18.2 Å². The molecule has 3 rings (SSSR count). The minimum atomic E-state index is -0.904. The lowest BCUT2D eigenvalue weighted by molar-refractivity contribution is -0.122. The standard InChI is InChI=1S/C21H18ClFN2O4/c1-3-12(2)29-18-9-4-13(11-17(18)22)10-16-19(26)24-21(28)25(20(16)27)15-7-5-14(23)6-8-15/h4-12H,3H2,1-2H3,(H,24,26,28). The van der Waals surface area contributed by atoms with Crippen molar-refractivity contribution in [1.82, 2.24) is 5.32 Å².